The van der Waals surface area contributed by atoms with E-state index in [0.29, 0.717) is 16.3 Å². The third kappa shape index (κ3) is 3.03. The largest absolute Gasteiger partial charge is 0.399 e. The SMILES string of the molecule is CC(O)c1ccc2cc(Br)c(C(F)(F)P(=O)(O)O)cc2c1. The highest BCUT2D eigenvalue weighted by molar-refractivity contribution is 9.10. The number of hydrogen-bond acceptors (Lipinski definition) is 2. The van der Waals surface area contributed by atoms with Crippen LogP contribution in [0, 0.1) is 0 Å². The summed E-state index contributed by atoms with van der Waals surface area (Å²) in [6, 6.07) is 7.18. The number of alkyl halides is 2. The standard InChI is InChI=1S/C13H12BrF2O4P/c1-7(17)8-2-3-9-6-12(14)11(5-10(9)4-8)13(15,16)21(18,19)20/h2-7,17H,1H3,(H2,18,19,20). The molecule has 1 atom stereocenters. The fourth-order valence-electron chi connectivity index (χ4n) is 1.94. The number of aliphatic hydroxyl groups excluding tert-OH is 1. The summed E-state index contributed by atoms with van der Waals surface area (Å²) in [6.45, 7) is 1.53. The molecule has 0 saturated heterocycles. The molecule has 0 heterocycles. The Morgan fingerprint density at radius 1 is 1.19 bits per heavy atom. The van der Waals surface area contributed by atoms with Crippen LogP contribution in [0.25, 0.3) is 10.8 Å². The maximum absolute atomic E-state index is 13.9. The van der Waals surface area contributed by atoms with Crippen LogP contribution in [-0.2, 0) is 10.2 Å². The number of rotatable bonds is 3. The van der Waals surface area contributed by atoms with E-state index in [1.165, 1.54) is 19.1 Å². The predicted octanol–water partition coefficient (Wildman–Crippen LogP) is 3.88. The molecular formula is C13H12BrF2O4P. The lowest BCUT2D eigenvalue weighted by Gasteiger charge is -2.20. The van der Waals surface area contributed by atoms with Gasteiger partial charge in [-0.05, 0) is 41.5 Å². The van der Waals surface area contributed by atoms with Gasteiger partial charge in [0.25, 0.3) is 0 Å². The summed E-state index contributed by atoms with van der Waals surface area (Å²) in [5.74, 6) is 0. The van der Waals surface area contributed by atoms with Crippen molar-refractivity contribution in [1.82, 2.24) is 0 Å². The Morgan fingerprint density at radius 2 is 1.81 bits per heavy atom. The first-order valence-corrected chi connectivity index (χ1v) is 8.30. The van der Waals surface area contributed by atoms with Crippen molar-refractivity contribution in [3.8, 4) is 0 Å². The topological polar surface area (TPSA) is 77.8 Å². The maximum atomic E-state index is 13.9. The second-order valence-corrected chi connectivity index (χ2v) is 7.20. The van der Waals surface area contributed by atoms with E-state index in [2.05, 4.69) is 15.9 Å². The van der Waals surface area contributed by atoms with Gasteiger partial charge in [-0.15, -0.1) is 0 Å². The zero-order valence-corrected chi connectivity index (χ0v) is 13.3. The minimum absolute atomic E-state index is 0.0897. The molecule has 0 bridgehead atoms. The van der Waals surface area contributed by atoms with Crippen LogP contribution in [0.5, 0.6) is 0 Å². The van der Waals surface area contributed by atoms with Gasteiger partial charge in [0.05, 0.1) is 6.10 Å². The molecule has 2 aromatic rings. The summed E-state index contributed by atoms with van der Waals surface area (Å²) in [5.41, 5.74) is -4.55. The molecule has 0 spiro atoms. The van der Waals surface area contributed by atoms with Crippen LogP contribution in [-0.4, -0.2) is 14.9 Å². The van der Waals surface area contributed by atoms with Crippen LogP contribution in [0.1, 0.15) is 24.2 Å². The van der Waals surface area contributed by atoms with Crippen LogP contribution in [0.2, 0.25) is 0 Å². The third-order valence-electron chi connectivity index (χ3n) is 3.12. The molecule has 1 unspecified atom stereocenters. The quantitative estimate of drug-likeness (QED) is 0.706. The maximum Gasteiger partial charge on any atom is 0.399 e. The average molecular weight is 381 g/mol. The normalized spacial score (nSPS) is 14.4. The van der Waals surface area contributed by atoms with E-state index in [1.807, 2.05) is 0 Å². The first-order valence-electron chi connectivity index (χ1n) is 5.89. The highest BCUT2D eigenvalue weighted by atomic mass is 79.9. The van der Waals surface area contributed by atoms with E-state index in [9.17, 15) is 18.5 Å². The number of fused-ring (bicyclic) bond motifs is 1. The number of aliphatic hydroxyl groups is 1. The number of hydrogen-bond donors (Lipinski definition) is 3. The molecule has 0 aliphatic rings. The van der Waals surface area contributed by atoms with Gasteiger partial charge >= 0.3 is 13.3 Å². The Bertz CT molecular complexity index is 742. The molecule has 114 valence electrons. The van der Waals surface area contributed by atoms with E-state index < -0.39 is 24.9 Å². The Hall–Kier alpha value is -0.850. The lowest BCUT2D eigenvalue weighted by Crippen LogP contribution is -2.14. The second-order valence-electron chi connectivity index (χ2n) is 4.70. The molecule has 8 heteroatoms. The van der Waals surface area contributed by atoms with Crippen LogP contribution >= 0.6 is 23.5 Å². The molecule has 0 radical (unpaired) electrons. The van der Waals surface area contributed by atoms with Gasteiger partial charge in [-0.3, -0.25) is 4.57 Å². The van der Waals surface area contributed by atoms with Gasteiger partial charge in [0.15, 0.2) is 0 Å². The van der Waals surface area contributed by atoms with Gasteiger partial charge in [-0.25, -0.2) is 0 Å². The van der Waals surface area contributed by atoms with Crippen LogP contribution in [0.4, 0.5) is 8.78 Å². The summed E-state index contributed by atoms with van der Waals surface area (Å²) >= 11 is 2.92. The van der Waals surface area contributed by atoms with E-state index in [1.54, 1.807) is 12.1 Å². The fourth-order valence-corrected chi connectivity index (χ4v) is 3.20. The second kappa shape index (κ2) is 5.41. The minimum Gasteiger partial charge on any atom is -0.389 e. The molecule has 0 aliphatic carbocycles. The summed E-state index contributed by atoms with van der Waals surface area (Å²) in [6.07, 6.45) is -0.774. The van der Waals surface area contributed by atoms with Crippen molar-refractivity contribution in [3.05, 3.63) is 45.9 Å². The van der Waals surface area contributed by atoms with E-state index >= 15 is 0 Å². The lowest BCUT2D eigenvalue weighted by atomic mass is 10.0. The molecule has 0 fully saturated rings. The van der Waals surface area contributed by atoms with Crippen LogP contribution in [0.15, 0.2) is 34.8 Å². The van der Waals surface area contributed by atoms with Crippen molar-refractivity contribution in [2.75, 3.05) is 0 Å². The van der Waals surface area contributed by atoms with E-state index in [-0.39, 0.29) is 4.47 Å². The van der Waals surface area contributed by atoms with Crippen LogP contribution in [0.3, 0.4) is 0 Å². The molecule has 0 amide bonds. The number of halogens is 3. The summed E-state index contributed by atoms with van der Waals surface area (Å²) < 4.78 is 38.6. The average Bonchev–Trinajstić information content (AvgIpc) is 2.35. The first-order chi connectivity index (χ1) is 9.54. The highest BCUT2D eigenvalue weighted by Crippen LogP contribution is 2.60. The molecule has 0 aromatic heterocycles. The zero-order chi connectivity index (χ0) is 16.0. The van der Waals surface area contributed by atoms with Crippen molar-refractivity contribution >= 4 is 34.3 Å². The van der Waals surface area contributed by atoms with Gasteiger partial charge in [-0.2, -0.15) is 8.78 Å². The smallest absolute Gasteiger partial charge is 0.389 e. The molecule has 21 heavy (non-hydrogen) atoms. The van der Waals surface area contributed by atoms with Gasteiger partial charge in [-0.1, -0.05) is 28.1 Å². The molecule has 3 N–H and O–H groups in total. The van der Waals surface area contributed by atoms with E-state index in [4.69, 9.17) is 9.79 Å². The van der Waals surface area contributed by atoms with Crippen LogP contribution < -0.4 is 0 Å². The first kappa shape index (κ1) is 16.5. The van der Waals surface area contributed by atoms with Crippen molar-refractivity contribution < 1.29 is 28.2 Å². The van der Waals surface area contributed by atoms with Crippen molar-refractivity contribution in [2.24, 2.45) is 0 Å². The van der Waals surface area contributed by atoms with Crippen molar-refractivity contribution in [2.45, 2.75) is 18.7 Å². The van der Waals surface area contributed by atoms with Gasteiger partial charge in [0.1, 0.15) is 0 Å². The summed E-state index contributed by atoms with van der Waals surface area (Å²) in [5, 5.41) is 10.5. The monoisotopic (exact) mass is 380 g/mol. The Balaban J connectivity index is 2.71. The van der Waals surface area contributed by atoms with Crippen molar-refractivity contribution in [1.29, 1.82) is 0 Å². The summed E-state index contributed by atoms with van der Waals surface area (Å²) in [4.78, 5) is 17.7. The lowest BCUT2D eigenvalue weighted by molar-refractivity contribution is 0.0559. The molecule has 0 aliphatic heterocycles. The van der Waals surface area contributed by atoms with Gasteiger partial charge in [0.2, 0.25) is 0 Å². The molecule has 4 nitrogen and oxygen atoms in total. The van der Waals surface area contributed by atoms with E-state index in [0.717, 1.165) is 6.07 Å². The third-order valence-corrected chi connectivity index (χ3v) is 4.75. The minimum atomic E-state index is -5.64. The summed E-state index contributed by atoms with van der Waals surface area (Å²) in [7, 11) is -5.64. The zero-order valence-electron chi connectivity index (χ0n) is 10.8. The highest BCUT2D eigenvalue weighted by Gasteiger charge is 2.51. The Labute approximate surface area is 127 Å². The molecular weight excluding hydrogens is 369 g/mol. The fraction of sp³-hybridized carbons (Fsp3) is 0.231. The van der Waals surface area contributed by atoms with Gasteiger partial charge < -0.3 is 14.9 Å². The predicted molar refractivity (Wildman–Crippen MR) is 78.2 cm³/mol. The molecule has 2 rings (SSSR count). The molecule has 0 saturated carbocycles. The Kier molecular flexibility index (Phi) is 4.26. The molecule has 2 aromatic carbocycles. The Morgan fingerprint density at radius 3 is 2.33 bits per heavy atom. The van der Waals surface area contributed by atoms with Crippen molar-refractivity contribution in [3.63, 3.8) is 0 Å². The van der Waals surface area contributed by atoms with Gasteiger partial charge in [0, 0.05) is 10.0 Å². The number of benzene rings is 2.